The molecule has 3 aromatic rings. The van der Waals surface area contributed by atoms with Crippen molar-refractivity contribution in [3.8, 4) is 11.4 Å². The molecule has 0 unspecified atom stereocenters. The van der Waals surface area contributed by atoms with Crippen molar-refractivity contribution in [3.05, 3.63) is 70.1 Å². The summed E-state index contributed by atoms with van der Waals surface area (Å²) in [6.07, 6.45) is 4.56. The van der Waals surface area contributed by atoms with Crippen molar-refractivity contribution in [2.75, 3.05) is 0 Å². The van der Waals surface area contributed by atoms with Gasteiger partial charge in [-0.3, -0.25) is 4.79 Å². The van der Waals surface area contributed by atoms with Crippen molar-refractivity contribution >= 4 is 17.5 Å². The van der Waals surface area contributed by atoms with Gasteiger partial charge in [-0.15, -0.1) is 0 Å². The first-order valence-electron chi connectivity index (χ1n) is 8.67. The van der Waals surface area contributed by atoms with Crippen molar-refractivity contribution < 1.29 is 9.32 Å². The molecule has 2 aromatic carbocycles. The van der Waals surface area contributed by atoms with E-state index in [1.165, 1.54) is 24.0 Å². The molecule has 26 heavy (non-hydrogen) atoms. The maximum absolute atomic E-state index is 12.4. The number of halogens is 1. The average Bonchev–Trinajstić information content (AvgIpc) is 3.15. The topological polar surface area (TPSA) is 68.0 Å². The molecular formula is C20H18ClN3O2. The van der Waals surface area contributed by atoms with Gasteiger partial charge in [0, 0.05) is 16.1 Å². The fraction of sp³-hybridized carbons (Fsp3) is 0.250. The summed E-state index contributed by atoms with van der Waals surface area (Å²) in [4.78, 5) is 16.7. The minimum atomic E-state index is -0.138. The summed E-state index contributed by atoms with van der Waals surface area (Å²) in [5.74, 6) is 0.665. The number of rotatable bonds is 4. The smallest absolute Gasteiger partial charge is 0.251 e. The third kappa shape index (κ3) is 3.63. The first kappa shape index (κ1) is 16.8. The van der Waals surface area contributed by atoms with Crippen LogP contribution in [0, 0.1) is 0 Å². The van der Waals surface area contributed by atoms with Crippen LogP contribution in [-0.4, -0.2) is 16.0 Å². The standard InChI is InChI=1S/C20H18ClN3O2/c21-17-7-3-6-15(11-17)19-23-18(26-24-19)12-22-20(25)16-9-8-13-4-1-2-5-14(13)10-16/h3,6-11H,1-2,4-5,12H2,(H,22,25). The van der Waals surface area contributed by atoms with Gasteiger partial charge in [-0.25, -0.2) is 0 Å². The van der Waals surface area contributed by atoms with Gasteiger partial charge >= 0.3 is 0 Å². The molecule has 0 atom stereocenters. The molecule has 4 rings (SSSR count). The molecule has 0 fully saturated rings. The summed E-state index contributed by atoms with van der Waals surface area (Å²) in [7, 11) is 0. The second kappa shape index (κ2) is 7.30. The molecule has 1 N–H and O–H groups in total. The third-order valence-corrected chi connectivity index (χ3v) is 4.80. The Morgan fingerprint density at radius 1 is 1.12 bits per heavy atom. The third-order valence-electron chi connectivity index (χ3n) is 4.56. The van der Waals surface area contributed by atoms with Gasteiger partial charge in [0.15, 0.2) is 0 Å². The fourth-order valence-electron chi connectivity index (χ4n) is 3.20. The first-order chi connectivity index (χ1) is 12.7. The monoisotopic (exact) mass is 367 g/mol. The van der Waals surface area contributed by atoms with Gasteiger partial charge in [-0.2, -0.15) is 4.98 Å². The number of hydrogen-bond acceptors (Lipinski definition) is 4. The Labute approximate surface area is 156 Å². The summed E-state index contributed by atoms with van der Waals surface area (Å²) in [6, 6.07) is 13.2. The Kier molecular flexibility index (Phi) is 4.71. The zero-order chi connectivity index (χ0) is 17.9. The number of carbonyl (C=O) groups is 1. The minimum absolute atomic E-state index is 0.138. The Bertz CT molecular complexity index is 952. The number of nitrogens with one attached hydrogen (secondary N) is 1. The van der Waals surface area contributed by atoms with E-state index in [0.29, 0.717) is 22.3 Å². The lowest BCUT2D eigenvalue weighted by atomic mass is 9.90. The largest absolute Gasteiger partial charge is 0.343 e. The van der Waals surface area contributed by atoms with E-state index >= 15 is 0 Å². The predicted molar refractivity (Wildman–Crippen MR) is 99.0 cm³/mol. The molecule has 0 saturated heterocycles. The zero-order valence-electron chi connectivity index (χ0n) is 14.2. The van der Waals surface area contributed by atoms with Crippen molar-refractivity contribution in [2.45, 2.75) is 32.2 Å². The quantitative estimate of drug-likeness (QED) is 0.750. The van der Waals surface area contributed by atoms with E-state index in [9.17, 15) is 4.79 Å². The number of amides is 1. The highest BCUT2D eigenvalue weighted by atomic mass is 35.5. The minimum Gasteiger partial charge on any atom is -0.343 e. The van der Waals surface area contributed by atoms with Crippen molar-refractivity contribution in [1.82, 2.24) is 15.5 Å². The molecule has 0 saturated carbocycles. The van der Waals surface area contributed by atoms with E-state index in [1.54, 1.807) is 12.1 Å². The second-order valence-corrected chi connectivity index (χ2v) is 6.83. The van der Waals surface area contributed by atoms with E-state index in [4.69, 9.17) is 16.1 Å². The molecule has 0 radical (unpaired) electrons. The molecule has 132 valence electrons. The molecule has 1 amide bonds. The molecule has 1 aromatic heterocycles. The SMILES string of the molecule is O=C(NCc1nc(-c2cccc(Cl)c2)no1)c1ccc2c(c1)CCCC2. The van der Waals surface area contributed by atoms with E-state index in [-0.39, 0.29) is 12.5 Å². The Morgan fingerprint density at radius 2 is 1.96 bits per heavy atom. The van der Waals surface area contributed by atoms with Crippen molar-refractivity contribution in [1.29, 1.82) is 0 Å². The molecule has 0 bridgehead atoms. The van der Waals surface area contributed by atoms with Gasteiger partial charge in [0.1, 0.15) is 0 Å². The van der Waals surface area contributed by atoms with Crippen LogP contribution in [0.2, 0.25) is 5.02 Å². The zero-order valence-corrected chi connectivity index (χ0v) is 14.9. The molecule has 0 spiro atoms. The molecule has 0 aliphatic heterocycles. The van der Waals surface area contributed by atoms with Crippen LogP contribution in [0.5, 0.6) is 0 Å². The fourth-order valence-corrected chi connectivity index (χ4v) is 3.39. The summed E-state index contributed by atoms with van der Waals surface area (Å²) in [6.45, 7) is 0.184. The predicted octanol–water partition coefficient (Wildman–Crippen LogP) is 4.20. The summed E-state index contributed by atoms with van der Waals surface area (Å²) < 4.78 is 5.22. The van der Waals surface area contributed by atoms with E-state index in [2.05, 4.69) is 21.5 Å². The highest BCUT2D eigenvalue weighted by molar-refractivity contribution is 6.30. The van der Waals surface area contributed by atoms with E-state index < -0.39 is 0 Å². The number of benzene rings is 2. The number of aryl methyl sites for hydroxylation is 2. The molecule has 1 heterocycles. The van der Waals surface area contributed by atoms with Crippen LogP contribution >= 0.6 is 11.6 Å². The van der Waals surface area contributed by atoms with Crippen LogP contribution in [0.3, 0.4) is 0 Å². The van der Waals surface area contributed by atoms with Crippen molar-refractivity contribution in [2.24, 2.45) is 0 Å². The number of fused-ring (bicyclic) bond motifs is 1. The number of aromatic nitrogens is 2. The maximum Gasteiger partial charge on any atom is 0.251 e. The normalized spacial score (nSPS) is 13.3. The molecule has 1 aliphatic carbocycles. The Hall–Kier alpha value is -2.66. The maximum atomic E-state index is 12.4. The second-order valence-electron chi connectivity index (χ2n) is 6.40. The van der Waals surface area contributed by atoms with Gasteiger partial charge in [0.25, 0.3) is 5.91 Å². The van der Waals surface area contributed by atoms with Gasteiger partial charge in [-0.05, 0) is 61.1 Å². The van der Waals surface area contributed by atoms with Crippen LogP contribution in [0.25, 0.3) is 11.4 Å². The first-order valence-corrected chi connectivity index (χ1v) is 9.05. The van der Waals surface area contributed by atoms with Crippen LogP contribution in [0.1, 0.15) is 40.2 Å². The summed E-state index contributed by atoms with van der Waals surface area (Å²) in [5.41, 5.74) is 4.08. The van der Waals surface area contributed by atoms with Crippen LogP contribution in [0.15, 0.2) is 47.0 Å². The molecule has 1 aliphatic rings. The van der Waals surface area contributed by atoms with Gasteiger partial charge in [0.2, 0.25) is 11.7 Å². The van der Waals surface area contributed by atoms with Gasteiger partial charge < -0.3 is 9.84 Å². The lowest BCUT2D eigenvalue weighted by Crippen LogP contribution is -2.23. The van der Waals surface area contributed by atoms with E-state index in [1.807, 2.05) is 24.3 Å². The lowest BCUT2D eigenvalue weighted by Gasteiger charge is -2.16. The highest BCUT2D eigenvalue weighted by Crippen LogP contribution is 2.22. The number of carbonyl (C=O) groups excluding carboxylic acids is 1. The highest BCUT2D eigenvalue weighted by Gasteiger charge is 2.14. The number of nitrogens with zero attached hydrogens (tertiary/aromatic N) is 2. The average molecular weight is 368 g/mol. The van der Waals surface area contributed by atoms with Gasteiger partial charge in [-0.1, -0.05) is 35.0 Å². The Morgan fingerprint density at radius 3 is 2.81 bits per heavy atom. The van der Waals surface area contributed by atoms with E-state index in [0.717, 1.165) is 18.4 Å². The lowest BCUT2D eigenvalue weighted by molar-refractivity contribution is 0.0946. The van der Waals surface area contributed by atoms with Crippen LogP contribution < -0.4 is 5.32 Å². The number of hydrogen-bond donors (Lipinski definition) is 1. The summed E-state index contributed by atoms with van der Waals surface area (Å²) >= 11 is 5.98. The molecule has 6 heteroatoms. The molecule has 5 nitrogen and oxygen atoms in total. The van der Waals surface area contributed by atoms with Crippen LogP contribution in [0.4, 0.5) is 0 Å². The van der Waals surface area contributed by atoms with Crippen LogP contribution in [-0.2, 0) is 19.4 Å². The summed E-state index contributed by atoms with van der Waals surface area (Å²) in [5, 5.41) is 7.38. The molecular weight excluding hydrogens is 350 g/mol. The van der Waals surface area contributed by atoms with Gasteiger partial charge in [0.05, 0.1) is 6.54 Å². The Balaban J connectivity index is 1.42. The van der Waals surface area contributed by atoms with Crippen molar-refractivity contribution in [3.63, 3.8) is 0 Å².